The van der Waals surface area contributed by atoms with E-state index in [1.807, 2.05) is 60.5 Å². The highest BCUT2D eigenvalue weighted by molar-refractivity contribution is 5.93. The zero-order chi connectivity index (χ0) is 21.8. The average Bonchev–Trinajstić information content (AvgIpc) is 2.81. The number of nitrogens with zero attached hydrogens (tertiary/aromatic N) is 2. The van der Waals surface area contributed by atoms with E-state index in [-0.39, 0.29) is 11.5 Å². The van der Waals surface area contributed by atoms with Gasteiger partial charge in [-0.1, -0.05) is 18.2 Å². The number of para-hydroxylation sites is 1. The molecule has 154 valence electrons. The second-order valence-electron chi connectivity index (χ2n) is 6.94. The summed E-state index contributed by atoms with van der Waals surface area (Å²) in [6.07, 6.45) is 0. The molecule has 0 atom stereocenters. The van der Waals surface area contributed by atoms with Crippen molar-refractivity contribution in [3.05, 3.63) is 103 Å². The molecule has 4 aromatic rings. The predicted octanol–water partition coefficient (Wildman–Crippen LogP) is 5.55. The molecular weight excluding hydrogens is 393 g/mol. The van der Waals surface area contributed by atoms with Crippen molar-refractivity contribution in [2.75, 3.05) is 11.9 Å². The standard InChI is InChI=1S/C25H20FN3O2/c1-29(19-5-3-2-4-6-19)20-15-23(28-24(16-20)25(27)30)17-7-11-21(12-8-17)31-22-13-9-18(26)10-14-22/h2-16H,1H3,(H2,27,30). The largest absolute Gasteiger partial charge is 0.457 e. The normalized spacial score (nSPS) is 10.5. The summed E-state index contributed by atoms with van der Waals surface area (Å²) in [7, 11) is 1.92. The van der Waals surface area contributed by atoms with Crippen molar-refractivity contribution in [2.24, 2.45) is 5.73 Å². The lowest BCUT2D eigenvalue weighted by Gasteiger charge is -2.20. The van der Waals surface area contributed by atoms with Gasteiger partial charge in [-0.05, 0) is 72.8 Å². The number of hydrogen-bond donors (Lipinski definition) is 1. The highest BCUT2D eigenvalue weighted by Crippen LogP contribution is 2.30. The maximum absolute atomic E-state index is 13.1. The molecule has 0 aliphatic rings. The minimum absolute atomic E-state index is 0.182. The van der Waals surface area contributed by atoms with E-state index >= 15 is 0 Å². The minimum Gasteiger partial charge on any atom is -0.457 e. The first kappa shape index (κ1) is 20.1. The van der Waals surface area contributed by atoms with Crippen LogP contribution in [0.5, 0.6) is 11.5 Å². The van der Waals surface area contributed by atoms with E-state index in [0.717, 1.165) is 16.9 Å². The van der Waals surface area contributed by atoms with Crippen LogP contribution in [-0.4, -0.2) is 17.9 Å². The number of pyridine rings is 1. The van der Waals surface area contributed by atoms with Crippen LogP contribution in [0, 0.1) is 5.82 Å². The number of rotatable bonds is 6. The van der Waals surface area contributed by atoms with Gasteiger partial charge in [-0.2, -0.15) is 0 Å². The summed E-state index contributed by atoms with van der Waals surface area (Å²) >= 11 is 0. The van der Waals surface area contributed by atoms with Crippen LogP contribution < -0.4 is 15.4 Å². The molecule has 5 nitrogen and oxygen atoms in total. The van der Waals surface area contributed by atoms with Gasteiger partial charge in [-0.15, -0.1) is 0 Å². The van der Waals surface area contributed by atoms with Crippen molar-refractivity contribution in [2.45, 2.75) is 0 Å². The number of amides is 1. The van der Waals surface area contributed by atoms with E-state index in [0.29, 0.717) is 17.2 Å². The van der Waals surface area contributed by atoms with Gasteiger partial charge in [0.2, 0.25) is 0 Å². The molecule has 1 amide bonds. The summed E-state index contributed by atoms with van der Waals surface area (Å²) in [5.74, 6) is 0.220. The lowest BCUT2D eigenvalue weighted by atomic mass is 10.1. The van der Waals surface area contributed by atoms with Gasteiger partial charge in [0.1, 0.15) is 23.0 Å². The lowest BCUT2D eigenvalue weighted by molar-refractivity contribution is 0.0995. The lowest BCUT2D eigenvalue weighted by Crippen LogP contribution is -2.16. The molecule has 0 aliphatic heterocycles. The Labute approximate surface area is 179 Å². The van der Waals surface area contributed by atoms with E-state index in [1.165, 1.54) is 12.1 Å². The van der Waals surface area contributed by atoms with Crippen LogP contribution in [0.4, 0.5) is 15.8 Å². The summed E-state index contributed by atoms with van der Waals surface area (Å²) in [6, 6.07) is 26.4. The van der Waals surface area contributed by atoms with Crippen LogP contribution in [0.2, 0.25) is 0 Å². The first-order valence-corrected chi connectivity index (χ1v) is 9.64. The van der Waals surface area contributed by atoms with Gasteiger partial charge >= 0.3 is 0 Å². The monoisotopic (exact) mass is 413 g/mol. The summed E-state index contributed by atoms with van der Waals surface area (Å²) in [5.41, 5.74) is 8.88. The first-order valence-electron chi connectivity index (χ1n) is 9.64. The van der Waals surface area contributed by atoms with Crippen molar-refractivity contribution in [1.82, 2.24) is 4.98 Å². The number of halogens is 1. The molecule has 6 heteroatoms. The van der Waals surface area contributed by atoms with Crippen molar-refractivity contribution in [3.63, 3.8) is 0 Å². The highest BCUT2D eigenvalue weighted by atomic mass is 19.1. The molecule has 1 heterocycles. The van der Waals surface area contributed by atoms with Crippen LogP contribution in [0.25, 0.3) is 11.3 Å². The van der Waals surface area contributed by atoms with E-state index in [4.69, 9.17) is 10.5 Å². The molecule has 0 radical (unpaired) electrons. The van der Waals surface area contributed by atoms with Gasteiger partial charge < -0.3 is 15.4 Å². The summed E-state index contributed by atoms with van der Waals surface area (Å²) in [6.45, 7) is 0. The molecule has 0 saturated heterocycles. The fourth-order valence-corrected chi connectivity index (χ4v) is 3.12. The molecule has 0 spiro atoms. The van der Waals surface area contributed by atoms with Gasteiger partial charge in [0.25, 0.3) is 5.91 Å². The molecule has 0 bridgehead atoms. The Morgan fingerprint density at radius 1 is 0.871 bits per heavy atom. The Morgan fingerprint density at radius 2 is 1.48 bits per heavy atom. The van der Waals surface area contributed by atoms with Gasteiger partial charge in [0.05, 0.1) is 5.69 Å². The summed E-state index contributed by atoms with van der Waals surface area (Å²) < 4.78 is 18.8. The molecule has 4 rings (SSSR count). The second kappa shape index (κ2) is 8.67. The van der Waals surface area contributed by atoms with Crippen LogP contribution >= 0.6 is 0 Å². The number of anilines is 2. The number of benzene rings is 3. The molecular formula is C25H20FN3O2. The fourth-order valence-electron chi connectivity index (χ4n) is 3.12. The van der Waals surface area contributed by atoms with Crippen molar-refractivity contribution in [1.29, 1.82) is 0 Å². The van der Waals surface area contributed by atoms with Gasteiger partial charge in [0.15, 0.2) is 0 Å². The maximum atomic E-state index is 13.1. The quantitative estimate of drug-likeness (QED) is 0.450. The predicted molar refractivity (Wildman–Crippen MR) is 119 cm³/mol. The molecule has 0 saturated carbocycles. The molecule has 31 heavy (non-hydrogen) atoms. The van der Waals surface area contributed by atoms with Crippen molar-refractivity contribution < 1.29 is 13.9 Å². The Morgan fingerprint density at radius 3 is 2.10 bits per heavy atom. The SMILES string of the molecule is CN(c1ccccc1)c1cc(C(N)=O)nc(-c2ccc(Oc3ccc(F)cc3)cc2)c1. The third kappa shape index (κ3) is 4.70. The van der Waals surface area contributed by atoms with E-state index in [9.17, 15) is 9.18 Å². The highest BCUT2D eigenvalue weighted by Gasteiger charge is 2.13. The Hall–Kier alpha value is -4.19. The van der Waals surface area contributed by atoms with Crippen LogP contribution in [0.3, 0.4) is 0 Å². The Kier molecular flexibility index (Phi) is 5.62. The van der Waals surface area contributed by atoms with Gasteiger partial charge in [-0.3, -0.25) is 4.79 Å². The van der Waals surface area contributed by atoms with Crippen LogP contribution in [-0.2, 0) is 0 Å². The Bertz CT molecular complexity index is 1190. The zero-order valence-corrected chi connectivity index (χ0v) is 16.8. The third-order valence-electron chi connectivity index (χ3n) is 4.79. The number of primary amides is 1. The summed E-state index contributed by atoms with van der Waals surface area (Å²) in [5, 5.41) is 0. The van der Waals surface area contributed by atoms with Crippen molar-refractivity contribution >= 4 is 17.3 Å². The number of carbonyl (C=O) groups is 1. The number of nitrogens with two attached hydrogens (primary N) is 1. The van der Waals surface area contributed by atoms with Crippen molar-refractivity contribution in [3.8, 4) is 22.8 Å². The zero-order valence-electron chi connectivity index (χ0n) is 16.8. The molecule has 0 fully saturated rings. The smallest absolute Gasteiger partial charge is 0.267 e. The molecule has 3 aromatic carbocycles. The Balaban J connectivity index is 1.64. The fraction of sp³-hybridized carbons (Fsp3) is 0.0400. The van der Waals surface area contributed by atoms with Crippen LogP contribution in [0.15, 0.2) is 91.0 Å². The van der Waals surface area contributed by atoms with E-state index in [2.05, 4.69) is 4.98 Å². The number of aromatic nitrogens is 1. The third-order valence-corrected chi connectivity index (χ3v) is 4.79. The number of hydrogen-bond acceptors (Lipinski definition) is 4. The maximum Gasteiger partial charge on any atom is 0.267 e. The summed E-state index contributed by atoms with van der Waals surface area (Å²) in [4.78, 5) is 18.3. The van der Waals surface area contributed by atoms with Gasteiger partial charge in [-0.25, -0.2) is 9.37 Å². The van der Waals surface area contributed by atoms with E-state index in [1.54, 1.807) is 30.3 Å². The van der Waals surface area contributed by atoms with Gasteiger partial charge in [0, 0.05) is 24.0 Å². The molecule has 2 N–H and O–H groups in total. The molecule has 0 aliphatic carbocycles. The van der Waals surface area contributed by atoms with E-state index < -0.39 is 5.91 Å². The molecule has 1 aromatic heterocycles. The second-order valence-corrected chi connectivity index (χ2v) is 6.94. The minimum atomic E-state index is -0.596. The first-order chi connectivity index (χ1) is 15.0. The number of ether oxygens (including phenoxy) is 1. The number of carbonyl (C=O) groups excluding carboxylic acids is 1. The topological polar surface area (TPSA) is 68.5 Å². The molecule has 0 unspecified atom stereocenters. The average molecular weight is 413 g/mol. The van der Waals surface area contributed by atoms with Crippen LogP contribution in [0.1, 0.15) is 10.5 Å².